The zero-order valence-electron chi connectivity index (χ0n) is 18.8. The van der Waals surface area contributed by atoms with E-state index < -0.39 is 0 Å². The number of nitrogens with one attached hydrogen (secondary N) is 1. The maximum atomic E-state index is 13.8. The number of benzene rings is 1. The van der Waals surface area contributed by atoms with Gasteiger partial charge >= 0.3 is 6.03 Å². The van der Waals surface area contributed by atoms with E-state index in [1.807, 2.05) is 30.6 Å². The van der Waals surface area contributed by atoms with Crippen LogP contribution in [0, 0.1) is 0 Å². The molecule has 7 heteroatoms. The summed E-state index contributed by atoms with van der Waals surface area (Å²) in [5.41, 5.74) is 3.23. The van der Waals surface area contributed by atoms with Crippen molar-refractivity contribution in [3.05, 3.63) is 66.0 Å². The Morgan fingerprint density at radius 1 is 1.28 bits per heavy atom. The molecule has 1 atom stereocenters. The number of amides is 2. The number of hydrogen-bond acceptors (Lipinski definition) is 4. The first kappa shape index (κ1) is 20.8. The van der Waals surface area contributed by atoms with Crippen molar-refractivity contribution in [1.29, 1.82) is 0 Å². The molecule has 3 heterocycles. The SMILES string of the molecule is COc1cccc(CN2C(=O)N(C3C=CC(c4cn[nH]c4)=CC3)CC23CCN(C)CC3)c1. The lowest BCUT2D eigenvalue weighted by Crippen LogP contribution is -2.53. The van der Waals surface area contributed by atoms with Crippen molar-refractivity contribution in [1.82, 2.24) is 24.9 Å². The molecule has 1 aromatic heterocycles. The lowest BCUT2D eigenvalue weighted by atomic mass is 9.86. The van der Waals surface area contributed by atoms with Crippen LogP contribution in [0.4, 0.5) is 4.79 Å². The minimum absolute atomic E-state index is 0.0880. The van der Waals surface area contributed by atoms with Crippen molar-refractivity contribution in [2.24, 2.45) is 0 Å². The minimum atomic E-state index is -0.116. The van der Waals surface area contributed by atoms with Gasteiger partial charge in [0.1, 0.15) is 5.75 Å². The highest BCUT2D eigenvalue weighted by molar-refractivity contribution is 5.80. The van der Waals surface area contributed by atoms with Gasteiger partial charge in [-0.1, -0.05) is 30.4 Å². The maximum absolute atomic E-state index is 13.8. The summed E-state index contributed by atoms with van der Waals surface area (Å²) in [6, 6.07) is 8.31. The molecule has 0 radical (unpaired) electrons. The molecule has 2 saturated heterocycles. The molecule has 1 aromatic carbocycles. The number of nitrogens with zero attached hydrogens (tertiary/aromatic N) is 4. The largest absolute Gasteiger partial charge is 0.497 e. The Morgan fingerprint density at radius 3 is 2.81 bits per heavy atom. The highest BCUT2D eigenvalue weighted by Crippen LogP contribution is 2.39. The third kappa shape index (κ3) is 3.81. The third-order valence-corrected chi connectivity index (χ3v) is 7.22. The number of carbonyl (C=O) groups is 1. The number of ether oxygens (including phenoxy) is 1. The highest BCUT2D eigenvalue weighted by atomic mass is 16.5. The molecule has 2 amide bonds. The zero-order valence-corrected chi connectivity index (χ0v) is 18.8. The monoisotopic (exact) mass is 433 g/mol. The first-order chi connectivity index (χ1) is 15.6. The predicted molar refractivity (Wildman–Crippen MR) is 124 cm³/mol. The fourth-order valence-electron chi connectivity index (χ4n) is 5.20. The Labute approximate surface area is 189 Å². The zero-order chi connectivity index (χ0) is 22.1. The fourth-order valence-corrected chi connectivity index (χ4v) is 5.20. The summed E-state index contributed by atoms with van der Waals surface area (Å²) in [6.07, 6.45) is 13.1. The number of piperidine rings is 1. The average Bonchev–Trinajstić information content (AvgIpc) is 3.45. The molecule has 2 aromatic rings. The standard InChI is InChI=1S/C25H31N5O2/c1-28-12-10-25(11-13-28)18-29(22-8-6-20(7-9-22)21-15-26-27-16-21)24(31)30(25)17-19-4-3-5-23(14-19)32-2/h3-8,14-16,22H,9-13,17-18H2,1-2H3,(H,26,27). The van der Waals surface area contributed by atoms with E-state index in [0.29, 0.717) is 6.54 Å². The molecule has 1 N–H and O–H groups in total. The molecule has 0 bridgehead atoms. The number of carbonyl (C=O) groups excluding carboxylic acids is 1. The number of methoxy groups -OCH3 is 1. The Kier molecular flexibility index (Phi) is 5.51. The van der Waals surface area contributed by atoms with Gasteiger partial charge in [0.05, 0.1) is 24.9 Å². The van der Waals surface area contributed by atoms with Crippen molar-refractivity contribution in [2.45, 2.75) is 37.4 Å². The molecule has 7 nitrogen and oxygen atoms in total. The summed E-state index contributed by atoms with van der Waals surface area (Å²) in [7, 11) is 3.85. The second kappa shape index (κ2) is 8.47. The summed E-state index contributed by atoms with van der Waals surface area (Å²) in [4.78, 5) is 20.4. The average molecular weight is 434 g/mol. The van der Waals surface area contributed by atoms with Crippen LogP contribution in [-0.2, 0) is 6.54 Å². The van der Waals surface area contributed by atoms with E-state index in [4.69, 9.17) is 4.74 Å². The van der Waals surface area contributed by atoms with E-state index in [9.17, 15) is 4.79 Å². The van der Waals surface area contributed by atoms with Gasteiger partial charge in [-0.15, -0.1) is 0 Å². The summed E-state index contributed by atoms with van der Waals surface area (Å²) in [6.45, 7) is 3.43. The van der Waals surface area contributed by atoms with Crippen LogP contribution < -0.4 is 4.74 Å². The van der Waals surface area contributed by atoms with Crippen LogP contribution in [0.2, 0.25) is 0 Å². The van der Waals surface area contributed by atoms with Crippen LogP contribution in [0.5, 0.6) is 5.75 Å². The number of urea groups is 1. The normalized spacial score (nSPS) is 23.1. The summed E-state index contributed by atoms with van der Waals surface area (Å²) >= 11 is 0. The van der Waals surface area contributed by atoms with Gasteiger partial charge in [-0.3, -0.25) is 5.10 Å². The van der Waals surface area contributed by atoms with E-state index in [2.05, 4.69) is 56.2 Å². The van der Waals surface area contributed by atoms with Crippen LogP contribution in [-0.4, -0.2) is 76.3 Å². The topological polar surface area (TPSA) is 64.7 Å². The molecule has 32 heavy (non-hydrogen) atoms. The van der Waals surface area contributed by atoms with E-state index in [-0.39, 0.29) is 17.6 Å². The van der Waals surface area contributed by atoms with Crippen LogP contribution in [0.1, 0.15) is 30.4 Å². The number of likely N-dealkylation sites (tertiary alicyclic amines) is 1. The van der Waals surface area contributed by atoms with Gasteiger partial charge in [0, 0.05) is 37.9 Å². The molecule has 1 spiro atoms. The third-order valence-electron chi connectivity index (χ3n) is 7.22. The van der Waals surface area contributed by atoms with E-state index in [1.165, 1.54) is 0 Å². The summed E-state index contributed by atoms with van der Waals surface area (Å²) in [5.74, 6) is 0.829. The molecule has 2 aliphatic heterocycles. The quantitative estimate of drug-likeness (QED) is 0.784. The Hall–Kier alpha value is -3.06. The molecular weight excluding hydrogens is 402 g/mol. The maximum Gasteiger partial charge on any atom is 0.321 e. The van der Waals surface area contributed by atoms with Gasteiger partial charge in [-0.05, 0) is 49.6 Å². The van der Waals surface area contributed by atoms with Gasteiger partial charge in [0.15, 0.2) is 0 Å². The van der Waals surface area contributed by atoms with Crippen molar-refractivity contribution in [2.75, 3.05) is 33.8 Å². The van der Waals surface area contributed by atoms with E-state index in [0.717, 1.165) is 61.3 Å². The second-order valence-electron chi connectivity index (χ2n) is 9.18. The van der Waals surface area contributed by atoms with E-state index in [1.54, 1.807) is 7.11 Å². The first-order valence-electron chi connectivity index (χ1n) is 11.4. The molecule has 0 saturated carbocycles. The van der Waals surface area contributed by atoms with Crippen LogP contribution in [0.15, 0.2) is 54.9 Å². The lowest BCUT2D eigenvalue weighted by Gasteiger charge is -2.43. The number of allylic oxidation sites excluding steroid dienone is 2. The minimum Gasteiger partial charge on any atom is -0.497 e. The van der Waals surface area contributed by atoms with Crippen molar-refractivity contribution >= 4 is 11.6 Å². The second-order valence-corrected chi connectivity index (χ2v) is 9.18. The molecule has 5 rings (SSSR count). The van der Waals surface area contributed by atoms with Gasteiger partial charge < -0.3 is 19.4 Å². The molecule has 168 valence electrons. The predicted octanol–water partition coefficient (Wildman–Crippen LogP) is 3.53. The number of rotatable bonds is 5. The van der Waals surface area contributed by atoms with Crippen molar-refractivity contribution < 1.29 is 9.53 Å². The van der Waals surface area contributed by atoms with Gasteiger partial charge in [0.2, 0.25) is 0 Å². The molecular formula is C25H31N5O2. The van der Waals surface area contributed by atoms with Crippen LogP contribution >= 0.6 is 0 Å². The summed E-state index contributed by atoms with van der Waals surface area (Å²) < 4.78 is 5.41. The lowest BCUT2D eigenvalue weighted by molar-refractivity contribution is 0.0811. The van der Waals surface area contributed by atoms with Gasteiger partial charge in [0.25, 0.3) is 0 Å². The molecule has 2 fully saturated rings. The van der Waals surface area contributed by atoms with Crippen molar-refractivity contribution in [3.8, 4) is 5.75 Å². The van der Waals surface area contributed by atoms with Crippen LogP contribution in [0.25, 0.3) is 5.57 Å². The van der Waals surface area contributed by atoms with Gasteiger partial charge in [-0.2, -0.15) is 5.10 Å². The molecule has 1 unspecified atom stereocenters. The smallest absolute Gasteiger partial charge is 0.321 e. The Morgan fingerprint density at radius 2 is 2.12 bits per heavy atom. The first-order valence-corrected chi connectivity index (χ1v) is 11.4. The van der Waals surface area contributed by atoms with Crippen LogP contribution in [0.3, 0.4) is 0 Å². The van der Waals surface area contributed by atoms with E-state index >= 15 is 0 Å². The molecule has 3 aliphatic rings. The highest BCUT2D eigenvalue weighted by Gasteiger charge is 2.51. The summed E-state index contributed by atoms with van der Waals surface area (Å²) in [5, 5.41) is 6.92. The fraction of sp³-hybridized carbons (Fsp3) is 0.440. The number of H-pyrrole nitrogens is 1. The van der Waals surface area contributed by atoms with Gasteiger partial charge in [-0.25, -0.2) is 4.79 Å². The number of hydrogen-bond donors (Lipinski definition) is 1. The number of aromatic nitrogens is 2. The Bertz CT molecular complexity index is 1020. The number of aromatic amines is 1. The Balaban J connectivity index is 1.38. The molecule has 1 aliphatic carbocycles. The van der Waals surface area contributed by atoms with Crippen molar-refractivity contribution in [3.63, 3.8) is 0 Å².